The van der Waals surface area contributed by atoms with Gasteiger partial charge in [0.1, 0.15) is 5.69 Å². The van der Waals surface area contributed by atoms with E-state index in [9.17, 15) is 14.9 Å². The highest BCUT2D eigenvalue weighted by Crippen LogP contribution is 2.26. The first-order valence-corrected chi connectivity index (χ1v) is 7.32. The number of nitro benzene ring substituents is 1. The van der Waals surface area contributed by atoms with Crippen molar-refractivity contribution in [3.8, 4) is 0 Å². The summed E-state index contributed by atoms with van der Waals surface area (Å²) in [4.78, 5) is 23.5. The highest BCUT2D eigenvalue weighted by Gasteiger charge is 2.16. The number of carbonyl (C=O) groups is 1. The maximum Gasteiger partial charge on any atom is 0.292 e. The van der Waals surface area contributed by atoms with Crippen LogP contribution in [0.25, 0.3) is 0 Å². The van der Waals surface area contributed by atoms with Crippen LogP contribution in [0.15, 0.2) is 35.7 Å². The summed E-state index contributed by atoms with van der Waals surface area (Å²) in [5, 5.41) is 18.7. The Labute approximate surface area is 126 Å². The predicted octanol–water partition coefficient (Wildman–Crippen LogP) is 3.02. The lowest BCUT2D eigenvalue weighted by Gasteiger charge is -2.08. The van der Waals surface area contributed by atoms with Crippen molar-refractivity contribution >= 4 is 28.6 Å². The standard InChI is InChI=1S/C14H15N3O3S/c1-2-15-14(18)10-5-6-13(17(19)20)12(8-10)16-9-11-4-3-7-21-11/h3-8,16H,2,9H2,1H3,(H,15,18). The fourth-order valence-electron chi connectivity index (χ4n) is 1.84. The van der Waals surface area contributed by atoms with E-state index in [1.807, 2.05) is 24.4 Å². The van der Waals surface area contributed by atoms with E-state index in [4.69, 9.17) is 0 Å². The lowest BCUT2D eigenvalue weighted by Crippen LogP contribution is -2.22. The van der Waals surface area contributed by atoms with Crippen LogP contribution in [0.1, 0.15) is 22.2 Å². The van der Waals surface area contributed by atoms with Gasteiger partial charge in [-0.15, -0.1) is 11.3 Å². The Morgan fingerprint density at radius 1 is 1.38 bits per heavy atom. The Bertz CT molecular complexity index is 641. The van der Waals surface area contributed by atoms with E-state index >= 15 is 0 Å². The molecule has 2 rings (SSSR count). The summed E-state index contributed by atoms with van der Waals surface area (Å²) in [6.07, 6.45) is 0. The molecule has 0 unspecified atom stereocenters. The van der Waals surface area contributed by atoms with Crippen LogP contribution >= 0.6 is 11.3 Å². The van der Waals surface area contributed by atoms with Crippen LogP contribution in [-0.4, -0.2) is 17.4 Å². The molecule has 0 aliphatic rings. The Kier molecular flexibility index (Phi) is 4.89. The van der Waals surface area contributed by atoms with Gasteiger partial charge in [-0.3, -0.25) is 14.9 Å². The molecule has 7 heteroatoms. The third kappa shape index (κ3) is 3.79. The number of hydrogen-bond donors (Lipinski definition) is 2. The van der Waals surface area contributed by atoms with Gasteiger partial charge in [0.05, 0.1) is 4.92 Å². The number of nitrogens with zero attached hydrogens (tertiary/aromatic N) is 1. The van der Waals surface area contributed by atoms with Crippen LogP contribution in [0.5, 0.6) is 0 Å². The minimum Gasteiger partial charge on any atom is -0.375 e. The monoisotopic (exact) mass is 305 g/mol. The second-order valence-corrected chi connectivity index (χ2v) is 5.31. The number of nitrogens with one attached hydrogen (secondary N) is 2. The van der Waals surface area contributed by atoms with Crippen LogP contribution in [0.4, 0.5) is 11.4 Å². The van der Waals surface area contributed by atoms with E-state index in [0.717, 1.165) is 4.88 Å². The molecule has 0 radical (unpaired) electrons. The minimum absolute atomic E-state index is 0.0420. The van der Waals surface area contributed by atoms with Gasteiger partial charge in [0.25, 0.3) is 11.6 Å². The molecule has 0 atom stereocenters. The highest BCUT2D eigenvalue weighted by atomic mass is 32.1. The summed E-state index contributed by atoms with van der Waals surface area (Å²) in [5.74, 6) is -0.244. The molecule has 1 aromatic carbocycles. The quantitative estimate of drug-likeness (QED) is 0.634. The summed E-state index contributed by atoms with van der Waals surface area (Å²) in [6.45, 7) is 2.81. The van der Waals surface area contributed by atoms with Crippen LogP contribution in [-0.2, 0) is 6.54 Å². The van der Waals surface area contributed by atoms with E-state index < -0.39 is 4.92 Å². The largest absolute Gasteiger partial charge is 0.375 e. The van der Waals surface area contributed by atoms with Crippen molar-refractivity contribution in [1.29, 1.82) is 0 Å². The molecule has 1 amide bonds. The smallest absolute Gasteiger partial charge is 0.292 e. The van der Waals surface area contributed by atoms with Crippen molar-refractivity contribution < 1.29 is 9.72 Å². The van der Waals surface area contributed by atoms with E-state index in [1.165, 1.54) is 18.2 Å². The molecule has 1 aromatic heterocycles. The van der Waals surface area contributed by atoms with Crippen molar-refractivity contribution in [1.82, 2.24) is 5.32 Å². The van der Waals surface area contributed by atoms with Crippen molar-refractivity contribution in [2.75, 3.05) is 11.9 Å². The predicted molar refractivity (Wildman–Crippen MR) is 82.7 cm³/mol. The van der Waals surface area contributed by atoms with Crippen molar-refractivity contribution in [2.24, 2.45) is 0 Å². The van der Waals surface area contributed by atoms with Gasteiger partial charge in [-0.2, -0.15) is 0 Å². The lowest BCUT2D eigenvalue weighted by molar-refractivity contribution is -0.384. The van der Waals surface area contributed by atoms with Crippen molar-refractivity contribution in [2.45, 2.75) is 13.5 Å². The fraction of sp³-hybridized carbons (Fsp3) is 0.214. The molecular formula is C14H15N3O3S. The van der Waals surface area contributed by atoms with E-state index in [1.54, 1.807) is 11.3 Å². The third-order valence-corrected chi connectivity index (χ3v) is 3.70. The van der Waals surface area contributed by atoms with Crippen LogP contribution in [0.2, 0.25) is 0 Å². The molecule has 2 aromatic rings. The normalized spacial score (nSPS) is 10.1. The summed E-state index contributed by atoms with van der Waals surface area (Å²) < 4.78 is 0. The summed E-state index contributed by atoms with van der Waals surface area (Å²) >= 11 is 1.56. The Hall–Kier alpha value is -2.41. The first kappa shape index (κ1) is 15.0. The fourth-order valence-corrected chi connectivity index (χ4v) is 2.48. The molecule has 0 saturated heterocycles. The van der Waals surface area contributed by atoms with Crippen LogP contribution in [0, 0.1) is 10.1 Å². The van der Waals surface area contributed by atoms with Gasteiger partial charge in [-0.1, -0.05) is 6.07 Å². The summed E-state index contributed by atoms with van der Waals surface area (Å²) in [5.41, 5.74) is 0.702. The average molecular weight is 305 g/mol. The number of carbonyl (C=O) groups excluding carboxylic acids is 1. The number of rotatable bonds is 6. The average Bonchev–Trinajstić information content (AvgIpc) is 2.98. The minimum atomic E-state index is -0.460. The van der Waals surface area contributed by atoms with Gasteiger partial charge in [0, 0.05) is 29.6 Å². The maximum atomic E-state index is 11.8. The molecule has 110 valence electrons. The van der Waals surface area contributed by atoms with Crippen LogP contribution in [0.3, 0.4) is 0 Å². The molecule has 0 bridgehead atoms. The first-order valence-electron chi connectivity index (χ1n) is 6.44. The number of anilines is 1. The van der Waals surface area contributed by atoms with E-state index in [-0.39, 0.29) is 11.6 Å². The molecule has 0 aliphatic carbocycles. The van der Waals surface area contributed by atoms with Crippen LogP contribution < -0.4 is 10.6 Å². The topological polar surface area (TPSA) is 84.3 Å². The molecule has 1 heterocycles. The summed E-state index contributed by atoms with van der Waals surface area (Å²) in [7, 11) is 0. The number of hydrogen-bond acceptors (Lipinski definition) is 5. The molecule has 0 fully saturated rings. The Morgan fingerprint density at radius 3 is 2.81 bits per heavy atom. The van der Waals surface area contributed by atoms with Gasteiger partial charge in [-0.25, -0.2) is 0 Å². The van der Waals surface area contributed by atoms with Gasteiger partial charge in [0.15, 0.2) is 0 Å². The first-order chi connectivity index (χ1) is 10.1. The van der Waals surface area contributed by atoms with Gasteiger partial charge in [0.2, 0.25) is 0 Å². The van der Waals surface area contributed by atoms with E-state index in [2.05, 4.69) is 10.6 Å². The molecule has 21 heavy (non-hydrogen) atoms. The molecule has 0 saturated carbocycles. The van der Waals surface area contributed by atoms with Crippen molar-refractivity contribution in [3.63, 3.8) is 0 Å². The number of amides is 1. The Morgan fingerprint density at radius 2 is 2.19 bits per heavy atom. The van der Waals surface area contributed by atoms with Gasteiger partial charge in [-0.05, 0) is 30.5 Å². The molecule has 2 N–H and O–H groups in total. The van der Waals surface area contributed by atoms with E-state index in [0.29, 0.717) is 24.3 Å². The second kappa shape index (κ2) is 6.85. The zero-order valence-electron chi connectivity index (χ0n) is 11.5. The van der Waals surface area contributed by atoms with Gasteiger partial charge >= 0.3 is 0 Å². The summed E-state index contributed by atoms with van der Waals surface area (Å²) in [6, 6.07) is 8.18. The molecule has 6 nitrogen and oxygen atoms in total. The number of thiophene rings is 1. The number of nitro groups is 1. The van der Waals surface area contributed by atoms with Crippen molar-refractivity contribution in [3.05, 3.63) is 56.3 Å². The second-order valence-electron chi connectivity index (χ2n) is 4.28. The molecule has 0 spiro atoms. The molecular weight excluding hydrogens is 290 g/mol. The Balaban J connectivity index is 2.24. The highest BCUT2D eigenvalue weighted by molar-refractivity contribution is 7.09. The lowest BCUT2D eigenvalue weighted by atomic mass is 10.1. The SMILES string of the molecule is CCNC(=O)c1ccc([N+](=O)[O-])c(NCc2cccs2)c1. The van der Waals surface area contributed by atoms with Gasteiger partial charge < -0.3 is 10.6 Å². The zero-order chi connectivity index (χ0) is 15.2. The number of benzene rings is 1. The molecule has 0 aliphatic heterocycles. The zero-order valence-corrected chi connectivity index (χ0v) is 12.3. The maximum absolute atomic E-state index is 11.8. The third-order valence-electron chi connectivity index (χ3n) is 2.83.